The highest BCUT2D eigenvalue weighted by atomic mass is 32.2. The summed E-state index contributed by atoms with van der Waals surface area (Å²) in [6, 6.07) is 16.7. The van der Waals surface area contributed by atoms with Gasteiger partial charge in [-0.2, -0.15) is 0 Å². The van der Waals surface area contributed by atoms with E-state index in [1.165, 1.54) is 18.9 Å². The van der Waals surface area contributed by atoms with Crippen LogP contribution in [0, 0.1) is 6.92 Å². The first kappa shape index (κ1) is 19.6. The molecular weight excluding hydrogens is 376 g/mol. The Balaban J connectivity index is 1.65. The monoisotopic (exact) mass is 396 g/mol. The number of nitrogens with one attached hydrogen (secondary N) is 1. The quantitative estimate of drug-likeness (QED) is 0.488. The number of thioether (sulfide) groups is 1. The number of anilines is 1. The minimum Gasteiger partial charge on any atom is -0.465 e. The maximum atomic E-state index is 12.4. The Morgan fingerprint density at radius 1 is 1.07 bits per heavy atom. The number of amides is 1. The van der Waals surface area contributed by atoms with E-state index in [1.807, 2.05) is 41.8 Å². The topological polar surface area (TPSA) is 86.1 Å². The zero-order valence-electron chi connectivity index (χ0n) is 15.6. The Kier molecular flexibility index (Phi) is 6.44. The van der Waals surface area contributed by atoms with Crippen molar-refractivity contribution in [3.8, 4) is 0 Å². The van der Waals surface area contributed by atoms with Gasteiger partial charge in [-0.25, -0.2) is 4.79 Å². The van der Waals surface area contributed by atoms with Crippen LogP contribution in [0.15, 0.2) is 59.8 Å². The van der Waals surface area contributed by atoms with Gasteiger partial charge in [0.25, 0.3) is 0 Å². The summed E-state index contributed by atoms with van der Waals surface area (Å²) in [5.41, 5.74) is 1.86. The molecule has 0 radical (unpaired) electrons. The Bertz CT molecular complexity index is 973. The Labute approximate surface area is 167 Å². The van der Waals surface area contributed by atoms with Crippen molar-refractivity contribution in [2.45, 2.75) is 18.6 Å². The van der Waals surface area contributed by atoms with Crippen LogP contribution in [0.25, 0.3) is 0 Å². The van der Waals surface area contributed by atoms with Crippen LogP contribution in [0.2, 0.25) is 0 Å². The smallest absolute Gasteiger partial charge is 0.339 e. The minimum absolute atomic E-state index is 0.141. The number of methoxy groups -OCH3 is 1. The van der Waals surface area contributed by atoms with Crippen molar-refractivity contribution in [1.29, 1.82) is 0 Å². The maximum Gasteiger partial charge on any atom is 0.339 e. The maximum absolute atomic E-state index is 12.4. The zero-order chi connectivity index (χ0) is 19.9. The predicted molar refractivity (Wildman–Crippen MR) is 107 cm³/mol. The number of carbonyl (C=O) groups is 2. The third-order valence-corrected chi connectivity index (χ3v) is 4.99. The van der Waals surface area contributed by atoms with Gasteiger partial charge in [0.2, 0.25) is 5.91 Å². The Morgan fingerprint density at radius 3 is 2.54 bits per heavy atom. The van der Waals surface area contributed by atoms with Crippen LogP contribution in [0.3, 0.4) is 0 Å². The third kappa shape index (κ3) is 4.77. The van der Waals surface area contributed by atoms with Crippen LogP contribution in [-0.2, 0) is 16.1 Å². The summed E-state index contributed by atoms with van der Waals surface area (Å²) in [5.74, 6) is 0.181. The number of benzene rings is 2. The molecule has 0 saturated carbocycles. The molecule has 7 nitrogen and oxygen atoms in total. The molecule has 0 saturated heterocycles. The molecule has 1 amide bonds. The molecule has 0 aliphatic carbocycles. The molecule has 3 rings (SSSR count). The van der Waals surface area contributed by atoms with E-state index in [0.717, 1.165) is 11.4 Å². The summed E-state index contributed by atoms with van der Waals surface area (Å²) in [4.78, 5) is 24.2. The number of esters is 1. The number of aryl methyl sites for hydroxylation is 1. The number of aromatic nitrogens is 3. The first-order chi connectivity index (χ1) is 13.6. The molecule has 0 atom stereocenters. The lowest BCUT2D eigenvalue weighted by Gasteiger charge is -2.10. The average Bonchev–Trinajstić information content (AvgIpc) is 3.06. The lowest BCUT2D eigenvalue weighted by Crippen LogP contribution is -2.17. The minimum atomic E-state index is -0.498. The van der Waals surface area contributed by atoms with Gasteiger partial charge in [0.1, 0.15) is 5.82 Å². The van der Waals surface area contributed by atoms with E-state index in [1.54, 1.807) is 24.3 Å². The van der Waals surface area contributed by atoms with E-state index in [4.69, 9.17) is 4.74 Å². The van der Waals surface area contributed by atoms with Gasteiger partial charge in [0.05, 0.1) is 30.7 Å². The van der Waals surface area contributed by atoms with Crippen molar-refractivity contribution >= 4 is 29.3 Å². The molecule has 0 aliphatic heterocycles. The van der Waals surface area contributed by atoms with Crippen molar-refractivity contribution in [2.75, 3.05) is 18.2 Å². The van der Waals surface area contributed by atoms with Crippen molar-refractivity contribution < 1.29 is 14.3 Å². The van der Waals surface area contributed by atoms with E-state index in [9.17, 15) is 9.59 Å². The number of para-hydroxylation sites is 1. The van der Waals surface area contributed by atoms with Crippen LogP contribution in [0.4, 0.5) is 5.69 Å². The summed E-state index contributed by atoms with van der Waals surface area (Å²) < 4.78 is 6.71. The predicted octanol–water partition coefficient (Wildman–Crippen LogP) is 3.15. The zero-order valence-corrected chi connectivity index (χ0v) is 16.4. The molecule has 144 valence electrons. The van der Waals surface area contributed by atoms with Gasteiger partial charge < -0.3 is 14.6 Å². The molecule has 0 spiro atoms. The van der Waals surface area contributed by atoms with Crippen LogP contribution in [-0.4, -0.2) is 39.5 Å². The number of rotatable bonds is 7. The Morgan fingerprint density at radius 2 is 1.79 bits per heavy atom. The summed E-state index contributed by atoms with van der Waals surface area (Å²) in [5, 5.41) is 11.7. The second kappa shape index (κ2) is 9.18. The molecular formula is C20H20N4O3S. The largest absolute Gasteiger partial charge is 0.465 e. The highest BCUT2D eigenvalue weighted by Gasteiger charge is 2.15. The summed E-state index contributed by atoms with van der Waals surface area (Å²) in [6.45, 7) is 2.52. The lowest BCUT2D eigenvalue weighted by atomic mass is 10.2. The average molecular weight is 396 g/mol. The van der Waals surface area contributed by atoms with Gasteiger partial charge >= 0.3 is 5.97 Å². The van der Waals surface area contributed by atoms with E-state index in [0.29, 0.717) is 23.0 Å². The fourth-order valence-electron chi connectivity index (χ4n) is 2.61. The first-order valence-corrected chi connectivity index (χ1v) is 9.60. The summed E-state index contributed by atoms with van der Waals surface area (Å²) in [6.07, 6.45) is 0. The van der Waals surface area contributed by atoms with Crippen LogP contribution < -0.4 is 5.32 Å². The van der Waals surface area contributed by atoms with Gasteiger partial charge in [0, 0.05) is 0 Å². The van der Waals surface area contributed by atoms with Crippen molar-refractivity contribution in [2.24, 2.45) is 0 Å². The fourth-order valence-corrected chi connectivity index (χ4v) is 3.40. The second-order valence-electron chi connectivity index (χ2n) is 5.98. The number of hydrogen-bond donors (Lipinski definition) is 1. The van der Waals surface area contributed by atoms with E-state index in [2.05, 4.69) is 15.5 Å². The van der Waals surface area contributed by atoms with Gasteiger partial charge in [-0.15, -0.1) is 10.2 Å². The van der Waals surface area contributed by atoms with Crippen molar-refractivity contribution in [3.63, 3.8) is 0 Å². The number of nitrogens with zero attached hydrogens (tertiary/aromatic N) is 3. The van der Waals surface area contributed by atoms with Gasteiger partial charge in [-0.3, -0.25) is 4.79 Å². The summed E-state index contributed by atoms with van der Waals surface area (Å²) in [7, 11) is 1.30. The highest BCUT2D eigenvalue weighted by Crippen LogP contribution is 2.20. The lowest BCUT2D eigenvalue weighted by molar-refractivity contribution is -0.113. The SMILES string of the molecule is COC(=O)c1ccccc1NC(=O)CSc1nnc(C)n1Cc1ccccc1. The standard InChI is InChI=1S/C20H20N4O3S/c1-14-22-23-20(24(14)12-15-8-4-3-5-9-15)28-13-18(25)21-17-11-7-6-10-16(17)19(26)27-2/h3-11H,12-13H2,1-2H3,(H,21,25). The first-order valence-electron chi connectivity index (χ1n) is 8.62. The summed E-state index contributed by atoms with van der Waals surface area (Å²) >= 11 is 1.30. The molecule has 0 fully saturated rings. The number of ether oxygens (including phenoxy) is 1. The van der Waals surface area contributed by atoms with Crippen LogP contribution >= 0.6 is 11.8 Å². The molecule has 0 bridgehead atoms. The fraction of sp³-hybridized carbons (Fsp3) is 0.200. The van der Waals surface area contributed by atoms with Crippen molar-refractivity contribution in [3.05, 3.63) is 71.5 Å². The molecule has 0 aliphatic rings. The molecule has 2 aromatic carbocycles. The van der Waals surface area contributed by atoms with E-state index < -0.39 is 5.97 Å². The van der Waals surface area contributed by atoms with Crippen LogP contribution in [0.5, 0.6) is 0 Å². The van der Waals surface area contributed by atoms with Gasteiger partial charge in [0.15, 0.2) is 5.16 Å². The highest BCUT2D eigenvalue weighted by molar-refractivity contribution is 7.99. The van der Waals surface area contributed by atoms with Gasteiger partial charge in [-0.05, 0) is 24.6 Å². The molecule has 1 N–H and O–H groups in total. The molecule has 1 heterocycles. The molecule has 0 unspecified atom stereocenters. The number of hydrogen-bond acceptors (Lipinski definition) is 6. The molecule has 8 heteroatoms. The van der Waals surface area contributed by atoms with Gasteiger partial charge in [-0.1, -0.05) is 54.2 Å². The van der Waals surface area contributed by atoms with Crippen LogP contribution in [0.1, 0.15) is 21.7 Å². The van der Waals surface area contributed by atoms with Crippen molar-refractivity contribution in [1.82, 2.24) is 14.8 Å². The Hall–Kier alpha value is -3.13. The molecule has 3 aromatic rings. The molecule has 1 aromatic heterocycles. The third-order valence-electron chi connectivity index (χ3n) is 4.02. The van der Waals surface area contributed by atoms with E-state index in [-0.39, 0.29) is 11.7 Å². The second-order valence-corrected chi connectivity index (χ2v) is 6.92. The number of carbonyl (C=O) groups excluding carboxylic acids is 2. The normalized spacial score (nSPS) is 10.5. The van der Waals surface area contributed by atoms with E-state index >= 15 is 0 Å². The molecule has 28 heavy (non-hydrogen) atoms.